The molecule has 0 fully saturated rings. The van der Waals surface area contributed by atoms with Crippen LogP contribution >= 0.6 is 11.3 Å². The SMILES string of the molecule is Cc1nccc2sc(N)nc12. The van der Waals surface area contributed by atoms with E-state index in [0.29, 0.717) is 5.13 Å². The Kier molecular flexibility index (Phi) is 1.29. The van der Waals surface area contributed by atoms with Crippen LogP contribution in [0.15, 0.2) is 12.3 Å². The van der Waals surface area contributed by atoms with E-state index in [0.717, 1.165) is 15.9 Å². The fourth-order valence-corrected chi connectivity index (χ4v) is 1.78. The third kappa shape index (κ3) is 0.952. The standard InChI is InChI=1S/C7H7N3S/c1-4-6-5(2-3-9-4)11-7(8)10-6/h2-3H,1H3,(H2,8,10). The van der Waals surface area contributed by atoms with Crippen molar-refractivity contribution in [3.63, 3.8) is 0 Å². The third-order valence-electron chi connectivity index (χ3n) is 1.51. The number of hydrogen-bond acceptors (Lipinski definition) is 4. The lowest BCUT2D eigenvalue weighted by Gasteiger charge is -1.89. The van der Waals surface area contributed by atoms with Gasteiger partial charge in [0, 0.05) is 6.20 Å². The lowest BCUT2D eigenvalue weighted by molar-refractivity contribution is 1.22. The van der Waals surface area contributed by atoms with Gasteiger partial charge in [-0.05, 0) is 13.0 Å². The molecule has 0 aliphatic rings. The first kappa shape index (κ1) is 6.54. The Balaban J connectivity index is 2.90. The van der Waals surface area contributed by atoms with Crippen LogP contribution in [-0.4, -0.2) is 9.97 Å². The van der Waals surface area contributed by atoms with E-state index in [2.05, 4.69) is 9.97 Å². The number of rotatable bonds is 0. The second-order valence-electron chi connectivity index (χ2n) is 2.30. The highest BCUT2D eigenvalue weighted by atomic mass is 32.1. The normalized spacial score (nSPS) is 10.6. The number of anilines is 1. The maximum Gasteiger partial charge on any atom is 0.181 e. The summed E-state index contributed by atoms with van der Waals surface area (Å²) in [6.45, 7) is 1.93. The molecule has 2 aromatic heterocycles. The summed E-state index contributed by atoms with van der Waals surface area (Å²) in [6.07, 6.45) is 1.77. The maximum atomic E-state index is 5.54. The zero-order chi connectivity index (χ0) is 7.84. The van der Waals surface area contributed by atoms with E-state index in [1.165, 1.54) is 11.3 Å². The summed E-state index contributed by atoms with van der Waals surface area (Å²) >= 11 is 1.49. The van der Waals surface area contributed by atoms with Crippen molar-refractivity contribution < 1.29 is 0 Å². The fraction of sp³-hybridized carbons (Fsp3) is 0.143. The van der Waals surface area contributed by atoms with E-state index in [1.807, 2.05) is 13.0 Å². The predicted molar refractivity (Wildman–Crippen MR) is 46.6 cm³/mol. The van der Waals surface area contributed by atoms with Gasteiger partial charge in [0.25, 0.3) is 0 Å². The Morgan fingerprint density at radius 2 is 2.36 bits per heavy atom. The molecule has 0 amide bonds. The molecule has 2 N–H and O–H groups in total. The second-order valence-corrected chi connectivity index (χ2v) is 3.36. The van der Waals surface area contributed by atoms with Gasteiger partial charge in [-0.25, -0.2) is 4.98 Å². The summed E-state index contributed by atoms with van der Waals surface area (Å²) in [5.74, 6) is 0. The molecule has 2 heterocycles. The van der Waals surface area contributed by atoms with Crippen molar-refractivity contribution in [1.82, 2.24) is 9.97 Å². The minimum atomic E-state index is 0.608. The molecule has 0 atom stereocenters. The molecule has 2 aromatic rings. The molecule has 4 heteroatoms. The van der Waals surface area contributed by atoms with Crippen LogP contribution in [0.25, 0.3) is 10.2 Å². The first-order valence-electron chi connectivity index (χ1n) is 3.25. The van der Waals surface area contributed by atoms with Crippen molar-refractivity contribution in [2.45, 2.75) is 6.92 Å². The van der Waals surface area contributed by atoms with E-state index >= 15 is 0 Å². The summed E-state index contributed by atoms with van der Waals surface area (Å²) in [6, 6.07) is 1.93. The summed E-state index contributed by atoms with van der Waals surface area (Å²) < 4.78 is 1.11. The van der Waals surface area contributed by atoms with Gasteiger partial charge in [0.15, 0.2) is 5.13 Å². The molecule has 0 saturated heterocycles. The number of hydrogen-bond donors (Lipinski definition) is 1. The summed E-state index contributed by atoms with van der Waals surface area (Å²) in [7, 11) is 0. The topological polar surface area (TPSA) is 51.8 Å². The minimum Gasteiger partial charge on any atom is -0.375 e. The van der Waals surface area contributed by atoms with Crippen molar-refractivity contribution >= 4 is 26.7 Å². The van der Waals surface area contributed by atoms with Crippen molar-refractivity contribution in [1.29, 1.82) is 0 Å². The molecule has 2 rings (SSSR count). The molecule has 0 bridgehead atoms. The number of fused-ring (bicyclic) bond motifs is 1. The monoisotopic (exact) mass is 165 g/mol. The van der Waals surface area contributed by atoms with Crippen LogP contribution in [0.3, 0.4) is 0 Å². The summed E-state index contributed by atoms with van der Waals surface area (Å²) in [5.41, 5.74) is 7.41. The van der Waals surface area contributed by atoms with Crippen LogP contribution in [0.1, 0.15) is 5.69 Å². The lowest BCUT2D eigenvalue weighted by Crippen LogP contribution is -1.83. The number of pyridine rings is 1. The van der Waals surface area contributed by atoms with Gasteiger partial charge in [0.2, 0.25) is 0 Å². The van der Waals surface area contributed by atoms with E-state index in [1.54, 1.807) is 6.20 Å². The molecule has 56 valence electrons. The van der Waals surface area contributed by atoms with Gasteiger partial charge in [-0.3, -0.25) is 4.98 Å². The number of aromatic nitrogens is 2. The van der Waals surface area contributed by atoms with Crippen molar-refractivity contribution in [2.75, 3.05) is 5.73 Å². The van der Waals surface area contributed by atoms with Crippen molar-refractivity contribution in [2.24, 2.45) is 0 Å². The van der Waals surface area contributed by atoms with Gasteiger partial charge >= 0.3 is 0 Å². The molecule has 0 aromatic carbocycles. The Morgan fingerprint density at radius 3 is 3.09 bits per heavy atom. The number of thiazole rings is 1. The van der Waals surface area contributed by atoms with Crippen molar-refractivity contribution in [3.05, 3.63) is 18.0 Å². The van der Waals surface area contributed by atoms with E-state index < -0.39 is 0 Å². The smallest absolute Gasteiger partial charge is 0.181 e. The van der Waals surface area contributed by atoms with Crippen LogP contribution in [0.4, 0.5) is 5.13 Å². The fourth-order valence-electron chi connectivity index (χ4n) is 0.999. The Bertz CT molecular complexity index is 393. The van der Waals surface area contributed by atoms with Gasteiger partial charge in [-0.2, -0.15) is 0 Å². The molecule has 0 aliphatic heterocycles. The van der Waals surface area contributed by atoms with Crippen LogP contribution in [0.2, 0.25) is 0 Å². The first-order chi connectivity index (χ1) is 5.27. The third-order valence-corrected chi connectivity index (χ3v) is 2.36. The molecule has 11 heavy (non-hydrogen) atoms. The van der Waals surface area contributed by atoms with Gasteiger partial charge < -0.3 is 5.73 Å². The minimum absolute atomic E-state index is 0.608. The summed E-state index contributed by atoms with van der Waals surface area (Å²) in [4.78, 5) is 8.26. The van der Waals surface area contributed by atoms with Crippen LogP contribution < -0.4 is 5.73 Å². The Labute approximate surface area is 67.9 Å². The Morgan fingerprint density at radius 1 is 1.55 bits per heavy atom. The quantitative estimate of drug-likeness (QED) is 0.644. The number of nitrogens with two attached hydrogens (primary N) is 1. The number of nitrogens with zero attached hydrogens (tertiary/aromatic N) is 2. The number of aryl methyl sites for hydroxylation is 1. The molecule has 0 unspecified atom stereocenters. The van der Waals surface area contributed by atoms with Crippen molar-refractivity contribution in [3.8, 4) is 0 Å². The van der Waals surface area contributed by atoms with E-state index in [9.17, 15) is 0 Å². The predicted octanol–water partition coefficient (Wildman–Crippen LogP) is 1.58. The van der Waals surface area contributed by atoms with E-state index in [-0.39, 0.29) is 0 Å². The molecule has 0 saturated carbocycles. The highest BCUT2D eigenvalue weighted by Crippen LogP contribution is 2.24. The molecule has 0 radical (unpaired) electrons. The molecular weight excluding hydrogens is 158 g/mol. The highest BCUT2D eigenvalue weighted by molar-refractivity contribution is 7.22. The summed E-state index contributed by atoms with van der Waals surface area (Å²) in [5, 5.41) is 0.608. The van der Waals surface area contributed by atoms with Gasteiger partial charge in [0.1, 0.15) is 5.52 Å². The lowest BCUT2D eigenvalue weighted by atomic mass is 10.3. The first-order valence-corrected chi connectivity index (χ1v) is 4.06. The van der Waals surface area contributed by atoms with Gasteiger partial charge in [-0.1, -0.05) is 11.3 Å². The average molecular weight is 165 g/mol. The Hall–Kier alpha value is -1.16. The molecule has 0 aliphatic carbocycles. The maximum absolute atomic E-state index is 5.54. The average Bonchev–Trinajstić information content (AvgIpc) is 2.31. The largest absolute Gasteiger partial charge is 0.375 e. The van der Waals surface area contributed by atoms with Gasteiger partial charge in [-0.15, -0.1) is 0 Å². The molecule has 0 spiro atoms. The zero-order valence-electron chi connectivity index (χ0n) is 6.03. The number of nitrogen functional groups attached to an aromatic ring is 1. The van der Waals surface area contributed by atoms with E-state index in [4.69, 9.17) is 5.73 Å². The zero-order valence-corrected chi connectivity index (χ0v) is 6.85. The van der Waals surface area contributed by atoms with Gasteiger partial charge in [0.05, 0.1) is 10.4 Å². The second kappa shape index (κ2) is 2.17. The van der Waals surface area contributed by atoms with Crippen LogP contribution in [0, 0.1) is 6.92 Å². The highest BCUT2D eigenvalue weighted by Gasteiger charge is 2.02. The van der Waals surface area contributed by atoms with Crippen LogP contribution in [0.5, 0.6) is 0 Å². The molecule has 3 nitrogen and oxygen atoms in total. The van der Waals surface area contributed by atoms with Crippen LogP contribution in [-0.2, 0) is 0 Å². The molecular formula is C7H7N3S.